The zero-order valence-electron chi connectivity index (χ0n) is 18.8. The number of rotatable bonds is 3. The molecule has 0 bridgehead atoms. The summed E-state index contributed by atoms with van der Waals surface area (Å²) in [5.74, 6) is 0.125. The highest BCUT2D eigenvalue weighted by atomic mass is 16.6. The molecule has 0 unspecified atom stereocenters. The number of aromatic nitrogens is 2. The third-order valence-corrected chi connectivity index (χ3v) is 4.95. The molecule has 8 heteroatoms. The van der Waals surface area contributed by atoms with Crippen molar-refractivity contribution < 1.29 is 24.2 Å². The van der Waals surface area contributed by atoms with Crippen LogP contribution >= 0.6 is 0 Å². The molecule has 8 nitrogen and oxygen atoms in total. The Hall–Kier alpha value is -3.55. The largest absolute Gasteiger partial charge is 0.508 e. The van der Waals surface area contributed by atoms with Gasteiger partial charge in [-0.3, -0.25) is 5.32 Å². The predicted molar refractivity (Wildman–Crippen MR) is 118 cm³/mol. The van der Waals surface area contributed by atoms with Gasteiger partial charge in [-0.25, -0.2) is 14.6 Å². The molecule has 31 heavy (non-hydrogen) atoms. The summed E-state index contributed by atoms with van der Waals surface area (Å²) in [6.07, 6.45) is 2.62. The molecule has 1 amide bonds. The van der Waals surface area contributed by atoms with E-state index in [1.807, 2.05) is 6.92 Å². The number of hydrogen-bond donors (Lipinski definition) is 2. The van der Waals surface area contributed by atoms with Crippen molar-refractivity contribution in [2.45, 2.75) is 47.1 Å². The summed E-state index contributed by atoms with van der Waals surface area (Å²) >= 11 is 0. The number of anilines is 1. The summed E-state index contributed by atoms with van der Waals surface area (Å²) in [6.45, 7) is 10.7. The Labute approximate surface area is 180 Å². The Morgan fingerprint density at radius 3 is 2.45 bits per heavy atom. The molecular formula is C23H27N3O5. The summed E-state index contributed by atoms with van der Waals surface area (Å²) in [6, 6.07) is 3.38. The van der Waals surface area contributed by atoms with Crippen LogP contribution in [-0.2, 0) is 9.47 Å². The summed E-state index contributed by atoms with van der Waals surface area (Å²) in [4.78, 5) is 29.8. The molecular weight excluding hydrogens is 398 g/mol. The fourth-order valence-corrected chi connectivity index (χ4v) is 3.54. The van der Waals surface area contributed by atoms with Gasteiger partial charge in [0.1, 0.15) is 22.7 Å². The lowest BCUT2D eigenvalue weighted by atomic mass is 9.93. The topological polar surface area (TPSA) is 102 Å². The number of esters is 1. The van der Waals surface area contributed by atoms with Gasteiger partial charge in [-0.1, -0.05) is 6.07 Å². The van der Waals surface area contributed by atoms with E-state index in [4.69, 9.17) is 9.47 Å². The normalized spacial score (nSPS) is 11.5. The molecule has 0 atom stereocenters. The molecule has 2 heterocycles. The van der Waals surface area contributed by atoms with Crippen LogP contribution in [0, 0.1) is 20.8 Å². The number of amides is 1. The zero-order valence-corrected chi connectivity index (χ0v) is 18.8. The number of benzene rings is 1. The lowest BCUT2D eigenvalue weighted by Crippen LogP contribution is -2.28. The average Bonchev–Trinajstić information content (AvgIpc) is 3.03. The second-order valence-electron chi connectivity index (χ2n) is 8.37. The van der Waals surface area contributed by atoms with Gasteiger partial charge in [0.25, 0.3) is 0 Å². The van der Waals surface area contributed by atoms with Gasteiger partial charge in [0.2, 0.25) is 0 Å². The molecule has 0 fully saturated rings. The fraction of sp³-hybridized carbons (Fsp3) is 0.348. The number of aromatic hydroxyl groups is 1. The second kappa shape index (κ2) is 7.94. The molecule has 0 saturated carbocycles. The highest BCUT2D eigenvalue weighted by Gasteiger charge is 2.27. The Morgan fingerprint density at radius 2 is 1.84 bits per heavy atom. The van der Waals surface area contributed by atoms with Crippen molar-refractivity contribution in [2.24, 2.45) is 0 Å². The average molecular weight is 425 g/mol. The van der Waals surface area contributed by atoms with Gasteiger partial charge in [0.15, 0.2) is 0 Å². The number of carbonyl (C=O) groups excluding carboxylic acids is 2. The SMILES string of the molecule is COC(=O)c1c(NC(=O)OC(C)(C)C)c(-c2c(C)ccc(O)c2C)cn2c(C)ncc12. The minimum atomic E-state index is -0.732. The van der Waals surface area contributed by atoms with Gasteiger partial charge in [-0.2, -0.15) is 0 Å². The summed E-state index contributed by atoms with van der Waals surface area (Å²) in [7, 11) is 1.27. The van der Waals surface area contributed by atoms with E-state index >= 15 is 0 Å². The zero-order chi connectivity index (χ0) is 23.1. The van der Waals surface area contributed by atoms with Crippen LogP contribution in [-0.4, -0.2) is 39.3 Å². The number of fused-ring (bicyclic) bond motifs is 1. The summed E-state index contributed by atoms with van der Waals surface area (Å²) < 4.78 is 12.2. The maximum absolute atomic E-state index is 12.8. The van der Waals surface area contributed by atoms with Gasteiger partial charge in [-0.05, 0) is 64.3 Å². The highest BCUT2D eigenvalue weighted by molar-refractivity contribution is 6.10. The van der Waals surface area contributed by atoms with Crippen LogP contribution in [0.15, 0.2) is 24.5 Å². The molecule has 2 N–H and O–H groups in total. The van der Waals surface area contributed by atoms with Crippen molar-refractivity contribution in [1.82, 2.24) is 9.38 Å². The number of methoxy groups -OCH3 is 1. The number of hydrogen-bond acceptors (Lipinski definition) is 6. The first-order chi connectivity index (χ1) is 14.4. The number of aryl methyl sites for hydroxylation is 2. The minimum absolute atomic E-state index is 0.103. The number of phenolic OH excluding ortho intramolecular Hbond substituents is 1. The second-order valence-corrected chi connectivity index (χ2v) is 8.37. The Kier molecular flexibility index (Phi) is 5.67. The van der Waals surface area contributed by atoms with E-state index in [-0.39, 0.29) is 17.0 Å². The van der Waals surface area contributed by atoms with Crippen molar-refractivity contribution >= 4 is 23.3 Å². The number of pyridine rings is 1. The van der Waals surface area contributed by atoms with E-state index in [1.165, 1.54) is 7.11 Å². The standard InChI is InChI=1S/C23H27N3O5/c1-12-8-9-17(27)13(2)18(12)15-11-26-14(3)24-10-16(26)19(21(28)30-7)20(15)25-22(29)31-23(4,5)6/h8-11,27H,1-7H3,(H,25,29). The molecule has 164 valence electrons. The van der Waals surface area contributed by atoms with Crippen LogP contribution < -0.4 is 5.32 Å². The summed E-state index contributed by atoms with van der Waals surface area (Å²) in [5.41, 5.74) is 2.81. The Balaban J connectivity index is 2.40. The molecule has 3 aromatic rings. The number of carbonyl (C=O) groups is 2. The number of phenols is 1. The van der Waals surface area contributed by atoms with Gasteiger partial charge in [-0.15, -0.1) is 0 Å². The number of nitrogens with one attached hydrogen (secondary N) is 1. The van der Waals surface area contributed by atoms with Crippen LogP contribution in [0.25, 0.3) is 16.6 Å². The van der Waals surface area contributed by atoms with Gasteiger partial charge >= 0.3 is 12.1 Å². The van der Waals surface area contributed by atoms with Gasteiger partial charge in [0.05, 0.1) is 24.5 Å². The van der Waals surface area contributed by atoms with E-state index in [1.54, 1.807) is 63.5 Å². The van der Waals surface area contributed by atoms with Crippen LogP contribution in [0.4, 0.5) is 10.5 Å². The lowest BCUT2D eigenvalue weighted by Gasteiger charge is -2.23. The predicted octanol–water partition coefficient (Wildman–Crippen LogP) is 4.77. The van der Waals surface area contributed by atoms with Crippen molar-refractivity contribution in [2.75, 3.05) is 12.4 Å². The first-order valence-electron chi connectivity index (χ1n) is 9.83. The van der Waals surface area contributed by atoms with E-state index in [2.05, 4.69) is 10.3 Å². The van der Waals surface area contributed by atoms with E-state index in [0.717, 1.165) is 5.56 Å². The molecule has 0 saturated heterocycles. The quantitative estimate of drug-likeness (QED) is 0.586. The number of ether oxygens (including phenoxy) is 2. The van der Waals surface area contributed by atoms with E-state index < -0.39 is 17.7 Å². The highest BCUT2D eigenvalue weighted by Crippen LogP contribution is 2.40. The van der Waals surface area contributed by atoms with Crippen molar-refractivity contribution in [1.29, 1.82) is 0 Å². The maximum Gasteiger partial charge on any atom is 0.412 e. The third kappa shape index (κ3) is 4.19. The first-order valence-corrected chi connectivity index (χ1v) is 9.83. The molecule has 0 aliphatic carbocycles. The minimum Gasteiger partial charge on any atom is -0.508 e. The van der Waals surface area contributed by atoms with E-state index in [9.17, 15) is 14.7 Å². The fourth-order valence-electron chi connectivity index (χ4n) is 3.54. The molecule has 1 aromatic carbocycles. The van der Waals surface area contributed by atoms with Crippen LogP contribution in [0.3, 0.4) is 0 Å². The van der Waals surface area contributed by atoms with Crippen molar-refractivity contribution in [3.63, 3.8) is 0 Å². The molecule has 0 radical (unpaired) electrons. The lowest BCUT2D eigenvalue weighted by molar-refractivity contribution is 0.0603. The summed E-state index contributed by atoms with van der Waals surface area (Å²) in [5, 5.41) is 13.1. The molecule has 0 aliphatic heterocycles. The maximum atomic E-state index is 12.8. The van der Waals surface area contributed by atoms with Crippen LogP contribution in [0.5, 0.6) is 5.75 Å². The van der Waals surface area contributed by atoms with Crippen molar-refractivity contribution in [3.05, 3.63) is 47.0 Å². The van der Waals surface area contributed by atoms with Gasteiger partial charge < -0.3 is 19.0 Å². The van der Waals surface area contributed by atoms with Crippen LogP contribution in [0.2, 0.25) is 0 Å². The monoisotopic (exact) mass is 425 g/mol. The molecule has 0 aliphatic rings. The molecule has 0 spiro atoms. The molecule has 2 aromatic heterocycles. The van der Waals surface area contributed by atoms with Crippen LogP contribution in [0.1, 0.15) is 48.1 Å². The number of nitrogens with zero attached hydrogens (tertiary/aromatic N) is 2. The third-order valence-electron chi connectivity index (χ3n) is 4.95. The van der Waals surface area contributed by atoms with Crippen molar-refractivity contribution in [3.8, 4) is 16.9 Å². The molecule has 3 rings (SSSR count). The first kappa shape index (κ1) is 22.1. The smallest absolute Gasteiger partial charge is 0.412 e. The van der Waals surface area contributed by atoms with Gasteiger partial charge in [0, 0.05) is 11.8 Å². The Morgan fingerprint density at radius 1 is 1.16 bits per heavy atom. The van der Waals surface area contributed by atoms with E-state index in [0.29, 0.717) is 28.0 Å². The number of imidazole rings is 1. The Bertz CT molecular complexity index is 1190.